The van der Waals surface area contributed by atoms with Crippen molar-refractivity contribution in [2.24, 2.45) is 0 Å². The predicted molar refractivity (Wildman–Crippen MR) is 96.3 cm³/mol. The largest absolute Gasteiger partial charge is 0.351 e. The molecule has 2 N–H and O–H groups in total. The Morgan fingerprint density at radius 2 is 2.08 bits per heavy atom. The molecule has 0 spiro atoms. The van der Waals surface area contributed by atoms with Gasteiger partial charge in [0.1, 0.15) is 12.7 Å². The van der Waals surface area contributed by atoms with Gasteiger partial charge in [0.05, 0.1) is 6.04 Å². The summed E-state index contributed by atoms with van der Waals surface area (Å²) >= 11 is 0. The molecule has 1 amide bonds. The molecule has 3 aromatic rings. The molecule has 7 nitrogen and oxygen atoms in total. The first-order chi connectivity index (χ1) is 12.8. The monoisotopic (exact) mass is 348 g/mol. The van der Waals surface area contributed by atoms with Crippen LogP contribution in [-0.4, -0.2) is 31.7 Å². The fourth-order valence-corrected chi connectivity index (χ4v) is 3.30. The average molecular weight is 348 g/mol. The fraction of sp³-hybridized carbons (Fsp3) is 0.263. The van der Waals surface area contributed by atoms with Crippen LogP contribution in [0.15, 0.2) is 61.3 Å². The van der Waals surface area contributed by atoms with Gasteiger partial charge in [-0.05, 0) is 24.5 Å². The Labute approximate surface area is 151 Å². The maximum absolute atomic E-state index is 12.6. The summed E-state index contributed by atoms with van der Waals surface area (Å²) in [5.41, 5.74) is 2.12. The summed E-state index contributed by atoms with van der Waals surface area (Å²) in [7, 11) is 0. The van der Waals surface area contributed by atoms with Crippen LogP contribution in [0.1, 0.15) is 30.0 Å². The SMILES string of the molecule is O=C(NCc1cccnc1-n1cncn1)[C@H]1CC[C@H](c2ccccc2)N1. The lowest BCUT2D eigenvalue weighted by Gasteiger charge is -2.15. The average Bonchev–Trinajstić information content (AvgIpc) is 3.39. The van der Waals surface area contributed by atoms with Crippen molar-refractivity contribution in [2.45, 2.75) is 31.5 Å². The summed E-state index contributed by atoms with van der Waals surface area (Å²) in [5.74, 6) is 0.684. The molecule has 132 valence electrons. The summed E-state index contributed by atoms with van der Waals surface area (Å²) in [6.45, 7) is 0.399. The number of nitrogens with zero attached hydrogens (tertiary/aromatic N) is 4. The summed E-state index contributed by atoms with van der Waals surface area (Å²) in [5, 5.41) is 10.6. The second-order valence-corrected chi connectivity index (χ2v) is 6.30. The van der Waals surface area contributed by atoms with Gasteiger partial charge in [0.15, 0.2) is 5.82 Å². The molecule has 26 heavy (non-hydrogen) atoms. The second kappa shape index (κ2) is 7.45. The van der Waals surface area contributed by atoms with Gasteiger partial charge in [-0.3, -0.25) is 10.1 Å². The molecule has 1 aromatic carbocycles. The maximum Gasteiger partial charge on any atom is 0.237 e. The predicted octanol–water partition coefficient (Wildman–Crippen LogP) is 1.77. The number of amides is 1. The summed E-state index contributed by atoms with van der Waals surface area (Å²) in [4.78, 5) is 20.9. The standard InChI is InChI=1S/C19H20N6O/c26-19(17-9-8-16(24-17)14-5-2-1-3-6-14)22-11-15-7-4-10-21-18(15)25-13-20-12-23-25/h1-7,10,12-13,16-17,24H,8-9,11H2,(H,22,26)/t16-,17-/m1/s1. The first kappa shape index (κ1) is 16.4. The fourth-order valence-electron chi connectivity index (χ4n) is 3.30. The number of hydrogen-bond acceptors (Lipinski definition) is 5. The molecule has 1 saturated heterocycles. The van der Waals surface area contributed by atoms with Crippen LogP contribution in [0.2, 0.25) is 0 Å². The molecule has 1 aliphatic rings. The first-order valence-electron chi connectivity index (χ1n) is 8.69. The van der Waals surface area contributed by atoms with E-state index in [2.05, 4.69) is 37.8 Å². The summed E-state index contributed by atoms with van der Waals surface area (Å²) < 4.78 is 1.60. The van der Waals surface area contributed by atoms with Crippen LogP contribution in [0, 0.1) is 0 Å². The van der Waals surface area contributed by atoms with Gasteiger partial charge in [-0.1, -0.05) is 36.4 Å². The van der Waals surface area contributed by atoms with E-state index in [0.717, 1.165) is 18.4 Å². The van der Waals surface area contributed by atoms with Crippen LogP contribution in [0.25, 0.3) is 5.82 Å². The van der Waals surface area contributed by atoms with Crippen molar-refractivity contribution in [2.75, 3.05) is 0 Å². The highest BCUT2D eigenvalue weighted by molar-refractivity contribution is 5.82. The van der Waals surface area contributed by atoms with Crippen LogP contribution < -0.4 is 10.6 Å². The van der Waals surface area contributed by atoms with Crippen molar-refractivity contribution >= 4 is 5.91 Å². The number of pyridine rings is 1. The highest BCUT2D eigenvalue weighted by atomic mass is 16.2. The van der Waals surface area contributed by atoms with Crippen LogP contribution in [0.4, 0.5) is 0 Å². The lowest BCUT2D eigenvalue weighted by Crippen LogP contribution is -2.40. The van der Waals surface area contributed by atoms with Crippen molar-refractivity contribution < 1.29 is 4.79 Å². The zero-order valence-electron chi connectivity index (χ0n) is 14.2. The molecule has 1 fully saturated rings. The maximum atomic E-state index is 12.6. The number of benzene rings is 1. The number of rotatable bonds is 5. The van der Waals surface area contributed by atoms with Crippen LogP contribution in [-0.2, 0) is 11.3 Å². The normalized spacial score (nSPS) is 19.4. The third-order valence-electron chi connectivity index (χ3n) is 4.62. The molecule has 0 unspecified atom stereocenters. The number of aromatic nitrogens is 4. The number of hydrogen-bond donors (Lipinski definition) is 2. The molecule has 4 rings (SSSR count). The van der Waals surface area contributed by atoms with Crippen molar-refractivity contribution in [1.82, 2.24) is 30.4 Å². The number of carbonyl (C=O) groups excluding carboxylic acids is 1. The van der Waals surface area contributed by atoms with E-state index in [0.29, 0.717) is 12.4 Å². The minimum Gasteiger partial charge on any atom is -0.351 e. The Morgan fingerprint density at radius 1 is 1.19 bits per heavy atom. The van der Waals surface area contributed by atoms with E-state index >= 15 is 0 Å². The molecular formula is C19H20N6O. The highest BCUT2D eigenvalue weighted by Gasteiger charge is 2.29. The van der Waals surface area contributed by atoms with E-state index in [-0.39, 0.29) is 18.0 Å². The molecule has 0 saturated carbocycles. The Morgan fingerprint density at radius 3 is 2.88 bits per heavy atom. The van der Waals surface area contributed by atoms with Gasteiger partial charge in [0, 0.05) is 24.3 Å². The molecule has 1 aliphatic heterocycles. The zero-order valence-corrected chi connectivity index (χ0v) is 14.2. The lowest BCUT2D eigenvalue weighted by molar-refractivity contribution is -0.123. The van der Waals surface area contributed by atoms with Gasteiger partial charge < -0.3 is 5.32 Å². The lowest BCUT2D eigenvalue weighted by atomic mass is 10.1. The van der Waals surface area contributed by atoms with Gasteiger partial charge in [-0.15, -0.1) is 0 Å². The highest BCUT2D eigenvalue weighted by Crippen LogP contribution is 2.26. The molecule has 2 aromatic heterocycles. The van der Waals surface area contributed by atoms with Gasteiger partial charge in [0.2, 0.25) is 5.91 Å². The third kappa shape index (κ3) is 3.48. The van der Waals surface area contributed by atoms with E-state index in [1.54, 1.807) is 17.2 Å². The Bertz CT molecular complexity index is 865. The van der Waals surface area contributed by atoms with Crippen molar-refractivity contribution in [3.8, 4) is 5.82 Å². The van der Waals surface area contributed by atoms with Crippen LogP contribution >= 0.6 is 0 Å². The van der Waals surface area contributed by atoms with Crippen LogP contribution in [0.3, 0.4) is 0 Å². The Hall–Kier alpha value is -3.06. The Balaban J connectivity index is 1.38. The summed E-state index contributed by atoms with van der Waals surface area (Å²) in [6.07, 6.45) is 6.54. The molecule has 0 bridgehead atoms. The van der Waals surface area contributed by atoms with Gasteiger partial charge in [-0.25, -0.2) is 14.6 Å². The van der Waals surface area contributed by atoms with E-state index in [1.165, 1.54) is 11.9 Å². The van der Waals surface area contributed by atoms with Crippen molar-refractivity contribution in [3.05, 3.63) is 72.4 Å². The molecule has 7 heteroatoms. The van der Waals surface area contributed by atoms with E-state index in [1.807, 2.05) is 30.3 Å². The van der Waals surface area contributed by atoms with Gasteiger partial charge >= 0.3 is 0 Å². The summed E-state index contributed by atoms with van der Waals surface area (Å²) in [6, 6.07) is 14.1. The third-order valence-corrected chi connectivity index (χ3v) is 4.62. The van der Waals surface area contributed by atoms with E-state index in [4.69, 9.17) is 0 Å². The number of carbonyl (C=O) groups is 1. The molecule has 3 heterocycles. The second-order valence-electron chi connectivity index (χ2n) is 6.30. The van der Waals surface area contributed by atoms with Crippen molar-refractivity contribution in [3.63, 3.8) is 0 Å². The topological polar surface area (TPSA) is 84.7 Å². The minimum atomic E-state index is -0.174. The van der Waals surface area contributed by atoms with Gasteiger partial charge in [-0.2, -0.15) is 5.10 Å². The van der Waals surface area contributed by atoms with E-state index in [9.17, 15) is 4.79 Å². The molecular weight excluding hydrogens is 328 g/mol. The van der Waals surface area contributed by atoms with Gasteiger partial charge in [0.25, 0.3) is 0 Å². The minimum absolute atomic E-state index is 0.0109. The molecule has 0 aliphatic carbocycles. The first-order valence-corrected chi connectivity index (χ1v) is 8.69. The zero-order chi connectivity index (χ0) is 17.8. The van der Waals surface area contributed by atoms with Crippen molar-refractivity contribution in [1.29, 1.82) is 0 Å². The molecule has 2 atom stereocenters. The smallest absolute Gasteiger partial charge is 0.237 e. The Kier molecular flexibility index (Phi) is 4.70. The molecule has 0 radical (unpaired) electrons. The number of nitrogens with one attached hydrogen (secondary N) is 2. The quantitative estimate of drug-likeness (QED) is 0.734. The van der Waals surface area contributed by atoms with Crippen LogP contribution in [0.5, 0.6) is 0 Å². The van der Waals surface area contributed by atoms with E-state index < -0.39 is 0 Å².